The number of rotatable bonds is 7. The summed E-state index contributed by atoms with van der Waals surface area (Å²) in [6.45, 7) is 2.06. The molecule has 4 aromatic carbocycles. The van der Waals surface area contributed by atoms with Gasteiger partial charge in [0.25, 0.3) is 0 Å². The maximum Gasteiger partial charge on any atom is 0.573 e. The molecule has 0 radical (unpaired) electrons. The van der Waals surface area contributed by atoms with Crippen molar-refractivity contribution in [3.8, 4) is 28.0 Å². The Morgan fingerprint density at radius 1 is 0.650 bits per heavy atom. The molecule has 10 heteroatoms. The molecule has 208 valence electrons. The molecule has 0 amide bonds. The predicted molar refractivity (Wildman–Crippen MR) is 133 cm³/mol. The highest BCUT2D eigenvalue weighted by Crippen LogP contribution is 2.37. The fraction of sp³-hybridized carbons (Fsp3) is 0.133. The standard InChI is InChI=1S/C30H19F9O/c1-2-3-16-4-6-17(7-5-16)18-8-10-21(23(31)12-18)19-9-11-22(24(32)13-19)28(36)27(35)20-14-25(33)29(26(34)15-20)40-30(37,38)39/h4-15H,2-3H2,1H3/b28-27+. The second-order valence-electron chi connectivity index (χ2n) is 8.78. The van der Waals surface area contributed by atoms with Gasteiger partial charge in [-0.05, 0) is 59.0 Å². The number of benzene rings is 4. The summed E-state index contributed by atoms with van der Waals surface area (Å²) in [4.78, 5) is 0. The lowest BCUT2D eigenvalue weighted by atomic mass is 9.97. The van der Waals surface area contributed by atoms with Gasteiger partial charge in [-0.3, -0.25) is 0 Å². The Balaban J connectivity index is 1.62. The molecule has 40 heavy (non-hydrogen) atoms. The number of hydrogen-bond donors (Lipinski definition) is 0. The van der Waals surface area contributed by atoms with Crippen LogP contribution < -0.4 is 4.74 Å². The van der Waals surface area contributed by atoms with Crippen LogP contribution in [0.1, 0.15) is 30.0 Å². The van der Waals surface area contributed by atoms with Crippen LogP contribution in [0.15, 0.2) is 72.8 Å². The first-order valence-electron chi connectivity index (χ1n) is 11.9. The Bertz CT molecular complexity index is 1550. The highest BCUT2D eigenvalue weighted by Gasteiger charge is 2.34. The van der Waals surface area contributed by atoms with Gasteiger partial charge in [0.1, 0.15) is 11.6 Å². The van der Waals surface area contributed by atoms with E-state index in [2.05, 4.69) is 11.7 Å². The Kier molecular flexibility index (Phi) is 8.27. The molecule has 0 saturated carbocycles. The van der Waals surface area contributed by atoms with E-state index in [4.69, 9.17) is 0 Å². The molecular weight excluding hydrogens is 547 g/mol. The Labute approximate surface area is 223 Å². The van der Waals surface area contributed by atoms with E-state index in [9.17, 15) is 39.5 Å². The van der Waals surface area contributed by atoms with Crippen LogP contribution in [0.4, 0.5) is 39.5 Å². The van der Waals surface area contributed by atoms with Crippen molar-refractivity contribution in [2.45, 2.75) is 26.1 Å². The minimum absolute atomic E-state index is 0.00235. The van der Waals surface area contributed by atoms with E-state index in [1.807, 2.05) is 24.3 Å². The molecule has 0 atom stereocenters. The minimum atomic E-state index is -5.44. The molecule has 0 aliphatic carbocycles. The summed E-state index contributed by atoms with van der Waals surface area (Å²) < 4.78 is 127. The largest absolute Gasteiger partial charge is 0.573 e. The summed E-state index contributed by atoms with van der Waals surface area (Å²) in [5.74, 6) is -11.6. The molecule has 0 aliphatic rings. The van der Waals surface area contributed by atoms with Crippen molar-refractivity contribution in [1.82, 2.24) is 0 Å². The minimum Gasteiger partial charge on any atom is -0.399 e. The molecule has 0 fully saturated rings. The maximum atomic E-state index is 15.0. The van der Waals surface area contributed by atoms with E-state index < -0.39 is 58.2 Å². The predicted octanol–water partition coefficient (Wildman–Crippen LogP) is 10.2. The van der Waals surface area contributed by atoms with Gasteiger partial charge < -0.3 is 4.74 Å². The van der Waals surface area contributed by atoms with E-state index in [0.717, 1.165) is 42.2 Å². The molecule has 0 aliphatic heterocycles. The van der Waals surface area contributed by atoms with Gasteiger partial charge in [-0.2, -0.15) is 0 Å². The van der Waals surface area contributed by atoms with E-state index in [1.54, 1.807) is 6.07 Å². The van der Waals surface area contributed by atoms with Crippen LogP contribution in [0.5, 0.6) is 5.75 Å². The van der Waals surface area contributed by atoms with E-state index in [-0.39, 0.29) is 23.3 Å². The van der Waals surface area contributed by atoms with Crippen molar-refractivity contribution in [2.24, 2.45) is 0 Å². The van der Waals surface area contributed by atoms with Crippen LogP contribution in [0.2, 0.25) is 0 Å². The van der Waals surface area contributed by atoms with E-state index in [0.29, 0.717) is 5.56 Å². The molecule has 0 spiro atoms. The first-order chi connectivity index (χ1) is 18.9. The van der Waals surface area contributed by atoms with Crippen LogP contribution >= 0.6 is 0 Å². The zero-order valence-corrected chi connectivity index (χ0v) is 20.7. The van der Waals surface area contributed by atoms with Gasteiger partial charge in [0.2, 0.25) is 5.75 Å². The number of halogens is 9. The van der Waals surface area contributed by atoms with Crippen LogP contribution in [-0.4, -0.2) is 6.36 Å². The average molecular weight is 566 g/mol. The molecule has 0 unspecified atom stereocenters. The van der Waals surface area contributed by atoms with Crippen LogP contribution in [0.25, 0.3) is 33.9 Å². The Morgan fingerprint density at radius 3 is 1.77 bits per heavy atom. The molecule has 0 saturated heterocycles. The fourth-order valence-electron chi connectivity index (χ4n) is 4.09. The first kappa shape index (κ1) is 28.8. The summed E-state index contributed by atoms with van der Waals surface area (Å²) in [5.41, 5.74) is 0.369. The van der Waals surface area contributed by atoms with Gasteiger partial charge >= 0.3 is 6.36 Å². The number of aryl methyl sites for hydroxylation is 1. The van der Waals surface area contributed by atoms with E-state index in [1.165, 1.54) is 12.1 Å². The summed E-state index contributed by atoms with van der Waals surface area (Å²) in [7, 11) is 0. The first-order valence-corrected chi connectivity index (χ1v) is 11.9. The van der Waals surface area contributed by atoms with Crippen molar-refractivity contribution in [1.29, 1.82) is 0 Å². The summed E-state index contributed by atoms with van der Waals surface area (Å²) in [6.07, 6.45) is -3.55. The Hall–Kier alpha value is -4.21. The molecule has 0 aromatic heterocycles. The lowest BCUT2D eigenvalue weighted by Crippen LogP contribution is -2.19. The van der Waals surface area contributed by atoms with Crippen LogP contribution in [-0.2, 0) is 6.42 Å². The summed E-state index contributed by atoms with van der Waals surface area (Å²) in [5, 5.41) is 0. The van der Waals surface area contributed by atoms with Gasteiger partial charge in [-0.25, -0.2) is 26.3 Å². The topological polar surface area (TPSA) is 9.23 Å². The van der Waals surface area contributed by atoms with Crippen molar-refractivity contribution < 1.29 is 44.3 Å². The van der Waals surface area contributed by atoms with E-state index >= 15 is 0 Å². The molecule has 0 bridgehead atoms. The van der Waals surface area contributed by atoms with Crippen molar-refractivity contribution >= 4 is 11.7 Å². The van der Waals surface area contributed by atoms with Crippen molar-refractivity contribution in [3.63, 3.8) is 0 Å². The fourth-order valence-corrected chi connectivity index (χ4v) is 4.09. The van der Waals surface area contributed by atoms with Crippen molar-refractivity contribution in [3.05, 3.63) is 113 Å². The highest BCUT2D eigenvalue weighted by molar-refractivity contribution is 5.84. The lowest BCUT2D eigenvalue weighted by Gasteiger charge is -2.12. The normalized spacial score (nSPS) is 12.3. The third-order valence-electron chi connectivity index (χ3n) is 5.97. The second kappa shape index (κ2) is 11.5. The zero-order chi connectivity index (χ0) is 29.2. The molecule has 0 N–H and O–H groups in total. The van der Waals surface area contributed by atoms with Crippen molar-refractivity contribution in [2.75, 3.05) is 0 Å². The summed E-state index contributed by atoms with van der Waals surface area (Å²) >= 11 is 0. The quantitative estimate of drug-likeness (QED) is 0.160. The number of ether oxygens (including phenoxy) is 1. The highest BCUT2D eigenvalue weighted by atomic mass is 19.4. The van der Waals surface area contributed by atoms with Gasteiger partial charge in [0.05, 0.1) is 0 Å². The van der Waals surface area contributed by atoms with Gasteiger partial charge in [-0.15, -0.1) is 13.2 Å². The summed E-state index contributed by atoms with van der Waals surface area (Å²) in [6, 6.07) is 14.7. The molecule has 4 rings (SSSR count). The number of alkyl halides is 3. The zero-order valence-electron chi connectivity index (χ0n) is 20.7. The molecule has 4 aromatic rings. The lowest BCUT2D eigenvalue weighted by molar-refractivity contribution is -0.276. The number of hydrogen-bond acceptors (Lipinski definition) is 1. The van der Waals surface area contributed by atoms with Gasteiger partial charge in [0.15, 0.2) is 23.3 Å². The molecule has 0 heterocycles. The smallest absolute Gasteiger partial charge is 0.399 e. The van der Waals surface area contributed by atoms with Gasteiger partial charge in [-0.1, -0.05) is 55.8 Å². The van der Waals surface area contributed by atoms with Crippen LogP contribution in [0, 0.1) is 23.3 Å². The van der Waals surface area contributed by atoms with Crippen LogP contribution in [0.3, 0.4) is 0 Å². The second-order valence-corrected chi connectivity index (χ2v) is 8.78. The van der Waals surface area contributed by atoms with Gasteiger partial charge in [0, 0.05) is 16.7 Å². The average Bonchev–Trinajstić information content (AvgIpc) is 2.90. The SMILES string of the molecule is CCCc1ccc(-c2ccc(-c3ccc(/C(F)=C(\F)c4cc(F)c(OC(F)(F)F)c(F)c4)c(F)c3)c(F)c2)cc1. The molecule has 1 nitrogen and oxygen atoms in total. The Morgan fingerprint density at radius 2 is 1.23 bits per heavy atom. The third kappa shape index (κ3) is 6.32. The monoisotopic (exact) mass is 566 g/mol. The molecular formula is C30H19F9O. The third-order valence-corrected chi connectivity index (χ3v) is 5.97. The maximum absolute atomic E-state index is 15.0.